The fourth-order valence-electron chi connectivity index (χ4n) is 2.00. The maximum atomic E-state index is 12.0. The molecule has 0 saturated carbocycles. The van der Waals surface area contributed by atoms with Gasteiger partial charge in [0.05, 0.1) is 0 Å². The number of benzene rings is 2. The predicted molar refractivity (Wildman–Crippen MR) is 76.3 cm³/mol. The van der Waals surface area contributed by atoms with Crippen LogP contribution in [0.2, 0.25) is 0 Å². The Labute approximate surface area is 117 Å². The van der Waals surface area contributed by atoms with Crippen molar-refractivity contribution in [1.29, 1.82) is 0 Å². The van der Waals surface area contributed by atoms with Crippen molar-refractivity contribution >= 4 is 5.69 Å². The third-order valence-corrected chi connectivity index (χ3v) is 3.06. The highest BCUT2D eigenvalue weighted by Crippen LogP contribution is 2.19. The van der Waals surface area contributed by atoms with Gasteiger partial charge in [-0.15, -0.1) is 0 Å². The summed E-state index contributed by atoms with van der Waals surface area (Å²) in [6.45, 7) is 2.04. The summed E-state index contributed by atoms with van der Waals surface area (Å²) < 4.78 is 28.4. The molecule has 0 unspecified atom stereocenters. The molecule has 106 valence electrons. The fraction of sp³-hybridized carbons (Fsp3) is 0.250. The van der Waals surface area contributed by atoms with Crippen molar-refractivity contribution in [1.82, 2.24) is 0 Å². The summed E-state index contributed by atoms with van der Waals surface area (Å²) in [6, 6.07) is 12.8. The van der Waals surface area contributed by atoms with Crippen LogP contribution in [0.4, 0.5) is 14.5 Å². The van der Waals surface area contributed by atoms with Gasteiger partial charge in [-0.2, -0.15) is 8.78 Å². The lowest BCUT2D eigenvalue weighted by molar-refractivity contribution is -0.0498. The molecule has 0 amide bonds. The van der Waals surface area contributed by atoms with E-state index in [2.05, 4.69) is 42.1 Å². The van der Waals surface area contributed by atoms with E-state index in [9.17, 15) is 8.78 Å². The largest absolute Gasteiger partial charge is 0.435 e. The first-order chi connectivity index (χ1) is 9.54. The van der Waals surface area contributed by atoms with Gasteiger partial charge in [0.15, 0.2) is 0 Å². The van der Waals surface area contributed by atoms with Gasteiger partial charge in [-0.3, -0.25) is 0 Å². The number of anilines is 1. The van der Waals surface area contributed by atoms with Gasteiger partial charge in [-0.05, 0) is 49.2 Å². The highest BCUT2D eigenvalue weighted by atomic mass is 19.3. The number of alkyl halides is 2. The molecule has 0 saturated heterocycles. The quantitative estimate of drug-likeness (QED) is 0.867. The number of nitrogens with one attached hydrogen (secondary N) is 1. The summed E-state index contributed by atoms with van der Waals surface area (Å²) in [4.78, 5) is 0. The first-order valence-corrected chi connectivity index (χ1v) is 6.39. The van der Waals surface area contributed by atoms with Crippen LogP contribution in [0.15, 0.2) is 42.5 Å². The molecule has 0 aliphatic heterocycles. The van der Waals surface area contributed by atoms with E-state index in [-0.39, 0.29) is 5.75 Å². The summed E-state index contributed by atoms with van der Waals surface area (Å²) in [5, 5.41) is 3.26. The summed E-state index contributed by atoms with van der Waals surface area (Å²) in [6.07, 6.45) is 0. The number of halogens is 2. The number of aryl methyl sites for hydroxylation is 2. The van der Waals surface area contributed by atoms with Gasteiger partial charge in [0, 0.05) is 12.2 Å². The molecule has 20 heavy (non-hydrogen) atoms. The Morgan fingerprint density at radius 2 is 1.75 bits per heavy atom. The molecule has 0 aliphatic rings. The molecular weight excluding hydrogens is 260 g/mol. The molecule has 0 aliphatic carbocycles. The van der Waals surface area contributed by atoms with Crippen molar-refractivity contribution in [3.8, 4) is 5.75 Å². The normalized spacial score (nSPS) is 10.7. The maximum Gasteiger partial charge on any atom is 0.387 e. The van der Waals surface area contributed by atoms with Crippen molar-refractivity contribution in [3.05, 3.63) is 59.2 Å². The van der Waals surface area contributed by atoms with E-state index in [4.69, 9.17) is 0 Å². The zero-order valence-corrected chi connectivity index (χ0v) is 11.5. The van der Waals surface area contributed by atoms with E-state index in [0.717, 1.165) is 5.69 Å². The molecule has 2 rings (SSSR count). The molecule has 2 aromatic carbocycles. The first kappa shape index (κ1) is 14.3. The molecule has 2 aromatic rings. The van der Waals surface area contributed by atoms with Crippen LogP contribution in [0.3, 0.4) is 0 Å². The maximum absolute atomic E-state index is 12.0. The van der Waals surface area contributed by atoms with Gasteiger partial charge in [-0.25, -0.2) is 0 Å². The number of rotatable bonds is 5. The average Bonchev–Trinajstić information content (AvgIpc) is 2.39. The Morgan fingerprint density at radius 3 is 2.35 bits per heavy atom. The molecule has 0 radical (unpaired) electrons. The van der Waals surface area contributed by atoms with E-state index in [0.29, 0.717) is 6.54 Å². The van der Waals surface area contributed by atoms with E-state index >= 15 is 0 Å². The summed E-state index contributed by atoms with van der Waals surface area (Å²) >= 11 is 0. The SMILES string of the molecule is Cc1ccc(CNc2ccc(OC(F)F)cc2)c(C)c1. The Bertz CT molecular complexity index is 567. The molecule has 4 heteroatoms. The van der Waals surface area contributed by atoms with Crippen molar-refractivity contribution in [2.75, 3.05) is 5.32 Å². The van der Waals surface area contributed by atoms with Crippen LogP contribution in [0.1, 0.15) is 16.7 Å². The lowest BCUT2D eigenvalue weighted by Crippen LogP contribution is -2.03. The molecule has 0 atom stereocenters. The van der Waals surface area contributed by atoms with E-state index in [1.807, 2.05) is 0 Å². The molecule has 2 nitrogen and oxygen atoms in total. The van der Waals surface area contributed by atoms with Gasteiger partial charge in [-0.1, -0.05) is 23.8 Å². The monoisotopic (exact) mass is 277 g/mol. The second-order valence-corrected chi connectivity index (χ2v) is 4.69. The van der Waals surface area contributed by atoms with Crippen molar-refractivity contribution < 1.29 is 13.5 Å². The van der Waals surface area contributed by atoms with Gasteiger partial charge in [0.1, 0.15) is 5.75 Å². The third-order valence-electron chi connectivity index (χ3n) is 3.06. The van der Waals surface area contributed by atoms with Gasteiger partial charge >= 0.3 is 6.61 Å². The summed E-state index contributed by atoms with van der Waals surface area (Å²) in [7, 11) is 0. The Balaban J connectivity index is 1.96. The van der Waals surface area contributed by atoms with Gasteiger partial charge in [0.2, 0.25) is 0 Å². The van der Waals surface area contributed by atoms with Crippen LogP contribution in [-0.2, 0) is 6.54 Å². The fourth-order valence-corrected chi connectivity index (χ4v) is 2.00. The number of hydrogen-bond acceptors (Lipinski definition) is 2. The van der Waals surface area contributed by atoms with Crippen LogP contribution in [0.5, 0.6) is 5.75 Å². The molecule has 0 aromatic heterocycles. The van der Waals surface area contributed by atoms with E-state index < -0.39 is 6.61 Å². The lowest BCUT2D eigenvalue weighted by Gasteiger charge is -2.10. The Kier molecular flexibility index (Phi) is 4.56. The third kappa shape index (κ3) is 3.95. The molecule has 0 spiro atoms. The molecule has 0 heterocycles. The minimum Gasteiger partial charge on any atom is -0.435 e. The molecular formula is C16H17F2NO. The number of hydrogen-bond donors (Lipinski definition) is 1. The highest BCUT2D eigenvalue weighted by Gasteiger charge is 2.04. The van der Waals surface area contributed by atoms with Crippen LogP contribution in [-0.4, -0.2) is 6.61 Å². The summed E-state index contributed by atoms with van der Waals surface area (Å²) in [5.74, 6) is 0.164. The average molecular weight is 277 g/mol. The first-order valence-electron chi connectivity index (χ1n) is 6.39. The van der Waals surface area contributed by atoms with Crippen molar-refractivity contribution in [3.63, 3.8) is 0 Å². The Morgan fingerprint density at radius 1 is 1.05 bits per heavy atom. The van der Waals surface area contributed by atoms with Gasteiger partial charge < -0.3 is 10.1 Å². The minimum atomic E-state index is -2.79. The van der Waals surface area contributed by atoms with Crippen LogP contribution >= 0.6 is 0 Å². The summed E-state index contributed by atoms with van der Waals surface area (Å²) in [5.41, 5.74) is 4.55. The lowest BCUT2D eigenvalue weighted by atomic mass is 10.1. The highest BCUT2D eigenvalue weighted by molar-refractivity contribution is 5.47. The van der Waals surface area contributed by atoms with Crippen LogP contribution < -0.4 is 10.1 Å². The van der Waals surface area contributed by atoms with Crippen LogP contribution in [0, 0.1) is 13.8 Å². The minimum absolute atomic E-state index is 0.164. The second-order valence-electron chi connectivity index (χ2n) is 4.69. The standard InChI is InChI=1S/C16H17F2NO/c1-11-3-4-13(12(2)9-11)10-19-14-5-7-15(8-6-14)20-16(17)18/h3-9,16,19H,10H2,1-2H3. The smallest absolute Gasteiger partial charge is 0.387 e. The van der Waals surface area contributed by atoms with Crippen molar-refractivity contribution in [2.45, 2.75) is 27.0 Å². The van der Waals surface area contributed by atoms with Gasteiger partial charge in [0.25, 0.3) is 0 Å². The van der Waals surface area contributed by atoms with E-state index in [1.165, 1.54) is 28.8 Å². The van der Waals surface area contributed by atoms with Crippen LogP contribution in [0.25, 0.3) is 0 Å². The molecule has 1 N–H and O–H groups in total. The Hall–Kier alpha value is -2.10. The van der Waals surface area contributed by atoms with E-state index in [1.54, 1.807) is 12.1 Å². The zero-order valence-electron chi connectivity index (χ0n) is 11.5. The number of ether oxygens (including phenoxy) is 1. The molecule has 0 fully saturated rings. The second kappa shape index (κ2) is 6.37. The topological polar surface area (TPSA) is 21.3 Å². The van der Waals surface area contributed by atoms with Crippen molar-refractivity contribution in [2.24, 2.45) is 0 Å². The zero-order chi connectivity index (χ0) is 14.5. The molecule has 0 bridgehead atoms. The predicted octanol–water partition coefficient (Wildman–Crippen LogP) is 4.52.